The first-order chi connectivity index (χ1) is 10.3. The summed E-state index contributed by atoms with van der Waals surface area (Å²) in [5.74, 6) is -0.936. The molecule has 3 aromatic rings. The van der Waals surface area contributed by atoms with E-state index < -0.39 is 5.97 Å². The predicted molar refractivity (Wildman–Crippen MR) is 82.5 cm³/mol. The molecular weight excluding hydrogens is 264 g/mol. The van der Waals surface area contributed by atoms with Crippen LogP contribution in [0.5, 0.6) is 0 Å². The molecule has 2 N–H and O–H groups in total. The number of pyridine rings is 1. The fraction of sp³-hybridized carbons (Fsp3) is 0.0588. The predicted octanol–water partition coefficient (Wildman–Crippen LogP) is 3.55. The monoisotopic (exact) mass is 278 g/mol. The molecule has 0 aliphatic rings. The van der Waals surface area contributed by atoms with Gasteiger partial charge in [-0.25, -0.2) is 4.79 Å². The molecule has 3 rings (SSSR count). The van der Waals surface area contributed by atoms with Gasteiger partial charge in [0.15, 0.2) is 0 Å². The maximum Gasteiger partial charge on any atom is 0.337 e. The van der Waals surface area contributed by atoms with E-state index in [2.05, 4.69) is 10.3 Å². The number of carbonyl (C=O) groups is 1. The standard InChI is InChI=1S/C17H14N2O2/c20-17(21)15-7-3-4-8-16(15)19-11-13-10-18-9-12-5-1-2-6-14(12)13/h1-10,19H,11H2,(H,20,21). The number of nitrogens with one attached hydrogen (secondary N) is 1. The zero-order valence-electron chi connectivity index (χ0n) is 11.3. The third-order valence-electron chi connectivity index (χ3n) is 3.38. The highest BCUT2D eigenvalue weighted by Gasteiger charge is 2.09. The number of nitrogens with zero attached hydrogens (tertiary/aromatic N) is 1. The van der Waals surface area contributed by atoms with Gasteiger partial charge in [-0.05, 0) is 23.1 Å². The molecule has 0 unspecified atom stereocenters. The molecular formula is C17H14N2O2. The number of carboxylic acid groups (broad SMARTS) is 1. The van der Waals surface area contributed by atoms with Crippen LogP contribution >= 0.6 is 0 Å². The molecule has 104 valence electrons. The first-order valence-electron chi connectivity index (χ1n) is 6.63. The Morgan fingerprint density at radius 2 is 1.81 bits per heavy atom. The minimum atomic E-state index is -0.936. The van der Waals surface area contributed by atoms with Crippen LogP contribution in [0.3, 0.4) is 0 Å². The lowest BCUT2D eigenvalue weighted by atomic mass is 10.1. The maximum absolute atomic E-state index is 11.2. The van der Waals surface area contributed by atoms with Crippen LogP contribution in [0.4, 0.5) is 5.69 Å². The lowest BCUT2D eigenvalue weighted by Gasteiger charge is -2.11. The van der Waals surface area contributed by atoms with E-state index in [0.29, 0.717) is 12.2 Å². The number of fused-ring (bicyclic) bond motifs is 1. The molecule has 21 heavy (non-hydrogen) atoms. The minimum Gasteiger partial charge on any atom is -0.478 e. The number of benzene rings is 2. The first kappa shape index (κ1) is 13.1. The minimum absolute atomic E-state index is 0.269. The van der Waals surface area contributed by atoms with Gasteiger partial charge in [0.05, 0.1) is 5.56 Å². The smallest absolute Gasteiger partial charge is 0.337 e. The average molecular weight is 278 g/mol. The Morgan fingerprint density at radius 1 is 1.05 bits per heavy atom. The Balaban J connectivity index is 1.89. The first-order valence-corrected chi connectivity index (χ1v) is 6.63. The fourth-order valence-corrected chi connectivity index (χ4v) is 2.33. The van der Waals surface area contributed by atoms with Crippen molar-refractivity contribution in [3.63, 3.8) is 0 Å². The van der Waals surface area contributed by atoms with E-state index >= 15 is 0 Å². The van der Waals surface area contributed by atoms with Gasteiger partial charge in [-0.1, -0.05) is 36.4 Å². The van der Waals surface area contributed by atoms with Crippen molar-refractivity contribution in [3.8, 4) is 0 Å². The zero-order valence-corrected chi connectivity index (χ0v) is 11.3. The van der Waals surface area contributed by atoms with Crippen LogP contribution in [0.1, 0.15) is 15.9 Å². The Bertz CT molecular complexity index is 794. The lowest BCUT2D eigenvalue weighted by Crippen LogP contribution is -2.06. The second-order valence-corrected chi connectivity index (χ2v) is 4.72. The number of hydrogen-bond acceptors (Lipinski definition) is 3. The Kier molecular flexibility index (Phi) is 3.51. The lowest BCUT2D eigenvalue weighted by molar-refractivity contribution is 0.0698. The van der Waals surface area contributed by atoms with Gasteiger partial charge in [0, 0.05) is 30.0 Å². The van der Waals surface area contributed by atoms with Crippen molar-refractivity contribution in [1.82, 2.24) is 4.98 Å². The summed E-state index contributed by atoms with van der Waals surface area (Å²) >= 11 is 0. The largest absolute Gasteiger partial charge is 0.478 e. The highest BCUT2D eigenvalue weighted by atomic mass is 16.4. The molecule has 0 bridgehead atoms. The van der Waals surface area contributed by atoms with E-state index in [4.69, 9.17) is 0 Å². The summed E-state index contributed by atoms with van der Waals surface area (Å²) < 4.78 is 0. The molecule has 0 radical (unpaired) electrons. The number of carboxylic acids is 1. The van der Waals surface area contributed by atoms with Crippen LogP contribution in [0.25, 0.3) is 10.8 Å². The van der Waals surface area contributed by atoms with E-state index in [0.717, 1.165) is 16.3 Å². The van der Waals surface area contributed by atoms with Gasteiger partial charge in [0.25, 0.3) is 0 Å². The van der Waals surface area contributed by atoms with Gasteiger partial charge < -0.3 is 10.4 Å². The summed E-state index contributed by atoms with van der Waals surface area (Å²) in [6.45, 7) is 0.526. The SMILES string of the molecule is O=C(O)c1ccccc1NCc1cncc2ccccc12. The molecule has 1 aromatic heterocycles. The Hall–Kier alpha value is -2.88. The van der Waals surface area contributed by atoms with Gasteiger partial charge >= 0.3 is 5.97 Å². The summed E-state index contributed by atoms with van der Waals surface area (Å²) in [5.41, 5.74) is 1.91. The number of hydrogen-bond donors (Lipinski definition) is 2. The van der Waals surface area contributed by atoms with Crippen LogP contribution in [0, 0.1) is 0 Å². The van der Waals surface area contributed by atoms with E-state index in [9.17, 15) is 9.90 Å². The summed E-state index contributed by atoms with van der Waals surface area (Å²) in [7, 11) is 0. The van der Waals surface area contributed by atoms with Crippen molar-refractivity contribution in [1.29, 1.82) is 0 Å². The summed E-state index contributed by atoms with van der Waals surface area (Å²) in [6, 6.07) is 14.9. The van der Waals surface area contributed by atoms with Crippen LogP contribution < -0.4 is 5.32 Å². The second-order valence-electron chi connectivity index (χ2n) is 4.72. The summed E-state index contributed by atoms with van der Waals surface area (Å²) in [6.07, 6.45) is 3.63. The van der Waals surface area contributed by atoms with E-state index in [-0.39, 0.29) is 5.56 Å². The van der Waals surface area contributed by atoms with Crippen LogP contribution in [-0.2, 0) is 6.54 Å². The topological polar surface area (TPSA) is 62.2 Å². The van der Waals surface area contributed by atoms with Crippen LogP contribution in [-0.4, -0.2) is 16.1 Å². The fourth-order valence-electron chi connectivity index (χ4n) is 2.33. The van der Waals surface area contributed by atoms with Crippen LogP contribution in [0.2, 0.25) is 0 Å². The van der Waals surface area contributed by atoms with Gasteiger partial charge in [0.1, 0.15) is 0 Å². The normalized spacial score (nSPS) is 10.5. The average Bonchev–Trinajstić information content (AvgIpc) is 2.53. The number of rotatable bonds is 4. The second kappa shape index (κ2) is 5.63. The van der Waals surface area contributed by atoms with Crippen molar-refractivity contribution in [2.45, 2.75) is 6.54 Å². The highest BCUT2D eigenvalue weighted by Crippen LogP contribution is 2.20. The number of aromatic nitrogens is 1. The van der Waals surface area contributed by atoms with E-state index in [1.165, 1.54) is 0 Å². The molecule has 1 heterocycles. The number of anilines is 1. The third-order valence-corrected chi connectivity index (χ3v) is 3.38. The number of aromatic carboxylic acids is 1. The number of para-hydroxylation sites is 1. The molecule has 0 saturated heterocycles. The van der Waals surface area contributed by atoms with Crippen molar-refractivity contribution >= 4 is 22.4 Å². The molecule has 0 atom stereocenters. The molecule has 0 aliphatic heterocycles. The molecule has 0 aliphatic carbocycles. The molecule has 0 saturated carbocycles. The molecule has 0 fully saturated rings. The summed E-state index contributed by atoms with van der Waals surface area (Å²) in [4.78, 5) is 15.4. The van der Waals surface area contributed by atoms with Gasteiger partial charge in [-0.2, -0.15) is 0 Å². The molecule has 0 spiro atoms. The summed E-state index contributed by atoms with van der Waals surface area (Å²) in [5, 5.41) is 14.6. The quantitative estimate of drug-likeness (QED) is 0.766. The van der Waals surface area contributed by atoms with Gasteiger partial charge in [-0.15, -0.1) is 0 Å². The molecule has 2 aromatic carbocycles. The van der Waals surface area contributed by atoms with Crippen molar-refractivity contribution in [2.75, 3.05) is 5.32 Å². The maximum atomic E-state index is 11.2. The molecule has 0 amide bonds. The van der Waals surface area contributed by atoms with E-state index in [1.807, 2.05) is 36.5 Å². The van der Waals surface area contributed by atoms with Gasteiger partial charge in [0.2, 0.25) is 0 Å². The van der Waals surface area contributed by atoms with Crippen molar-refractivity contribution < 1.29 is 9.90 Å². The Morgan fingerprint density at radius 3 is 2.67 bits per heavy atom. The van der Waals surface area contributed by atoms with E-state index in [1.54, 1.807) is 24.4 Å². The highest BCUT2D eigenvalue weighted by molar-refractivity contribution is 5.94. The van der Waals surface area contributed by atoms with Crippen molar-refractivity contribution in [2.24, 2.45) is 0 Å². The molecule has 4 heteroatoms. The van der Waals surface area contributed by atoms with Crippen LogP contribution in [0.15, 0.2) is 60.9 Å². The van der Waals surface area contributed by atoms with Crippen molar-refractivity contribution in [3.05, 3.63) is 72.1 Å². The van der Waals surface area contributed by atoms with Gasteiger partial charge in [-0.3, -0.25) is 4.98 Å². The Labute approximate surface area is 122 Å². The zero-order chi connectivity index (χ0) is 14.7. The molecule has 4 nitrogen and oxygen atoms in total. The third kappa shape index (κ3) is 2.69.